The Bertz CT molecular complexity index is 1370. The van der Waals surface area contributed by atoms with Crippen LogP contribution >= 0.6 is 0 Å². The first kappa shape index (κ1) is 29.6. The Morgan fingerprint density at radius 2 is 1.56 bits per heavy atom. The van der Waals surface area contributed by atoms with Crippen LogP contribution < -0.4 is 14.4 Å². The van der Waals surface area contributed by atoms with Gasteiger partial charge in [-0.2, -0.15) is 0 Å². The summed E-state index contributed by atoms with van der Waals surface area (Å²) < 4.78 is 48.2. The zero-order valence-corrected chi connectivity index (χ0v) is 23.3. The molecule has 0 aliphatic carbocycles. The highest BCUT2D eigenvalue weighted by molar-refractivity contribution is 7.92. The van der Waals surface area contributed by atoms with E-state index >= 15 is 0 Å². The number of sulfonamides is 1. The number of para-hydroxylation sites is 1. The van der Waals surface area contributed by atoms with Crippen molar-refractivity contribution >= 4 is 27.5 Å². The highest BCUT2D eigenvalue weighted by Gasteiger charge is 2.33. The second-order valence-electron chi connectivity index (χ2n) is 9.14. The molecule has 39 heavy (non-hydrogen) atoms. The molecule has 0 heterocycles. The molecule has 0 aliphatic heterocycles. The zero-order chi connectivity index (χ0) is 28.6. The number of nitrogens with one attached hydrogen (secondary N) is 1. The Morgan fingerprint density at radius 1 is 0.949 bits per heavy atom. The van der Waals surface area contributed by atoms with Gasteiger partial charge in [0.15, 0.2) is 0 Å². The van der Waals surface area contributed by atoms with Gasteiger partial charge in [-0.15, -0.1) is 0 Å². The molecular formula is C29H34FN3O5S. The van der Waals surface area contributed by atoms with Crippen LogP contribution in [0.1, 0.15) is 32.8 Å². The molecule has 3 aromatic carbocycles. The van der Waals surface area contributed by atoms with Crippen molar-refractivity contribution in [3.05, 3.63) is 90.2 Å². The molecule has 3 aromatic rings. The normalized spacial score (nSPS) is 12.7. The van der Waals surface area contributed by atoms with Crippen LogP contribution in [0.15, 0.2) is 83.8 Å². The third-order valence-electron chi connectivity index (χ3n) is 6.41. The van der Waals surface area contributed by atoms with Gasteiger partial charge < -0.3 is 15.0 Å². The highest BCUT2D eigenvalue weighted by Crippen LogP contribution is 2.27. The number of carbonyl (C=O) groups excluding carboxylic acids is 2. The number of anilines is 1. The average Bonchev–Trinajstić information content (AvgIpc) is 2.95. The van der Waals surface area contributed by atoms with Gasteiger partial charge in [0.05, 0.1) is 17.7 Å². The first-order valence-corrected chi connectivity index (χ1v) is 14.1. The lowest BCUT2D eigenvalue weighted by molar-refractivity contribution is -0.139. The summed E-state index contributed by atoms with van der Waals surface area (Å²) in [6.07, 6.45) is 0.696. The Labute approximate surface area is 229 Å². The fraction of sp³-hybridized carbons (Fsp3) is 0.310. The molecule has 0 radical (unpaired) electrons. The lowest BCUT2D eigenvalue weighted by atomic mass is 10.1. The van der Waals surface area contributed by atoms with E-state index in [4.69, 9.17) is 4.74 Å². The predicted molar refractivity (Wildman–Crippen MR) is 148 cm³/mol. The summed E-state index contributed by atoms with van der Waals surface area (Å²) in [5.74, 6) is -1.22. The van der Waals surface area contributed by atoms with Gasteiger partial charge in [0.1, 0.15) is 24.2 Å². The van der Waals surface area contributed by atoms with E-state index < -0.39 is 34.3 Å². The number of carbonyl (C=O) groups is 2. The molecule has 0 spiro atoms. The number of hydrogen-bond donors (Lipinski definition) is 1. The summed E-state index contributed by atoms with van der Waals surface area (Å²) >= 11 is 0. The number of halogens is 1. The van der Waals surface area contributed by atoms with Gasteiger partial charge in [0.25, 0.3) is 10.0 Å². The van der Waals surface area contributed by atoms with Gasteiger partial charge >= 0.3 is 0 Å². The minimum absolute atomic E-state index is 0.0222. The van der Waals surface area contributed by atoms with Crippen molar-refractivity contribution in [1.29, 1.82) is 0 Å². The van der Waals surface area contributed by atoms with Crippen LogP contribution in [0.25, 0.3) is 0 Å². The minimum atomic E-state index is -4.33. The first-order chi connectivity index (χ1) is 18.6. The molecule has 0 aliphatic rings. The average molecular weight is 556 g/mol. The monoisotopic (exact) mass is 555 g/mol. The van der Waals surface area contributed by atoms with E-state index in [9.17, 15) is 22.4 Å². The van der Waals surface area contributed by atoms with Crippen molar-refractivity contribution < 1.29 is 27.1 Å². The molecule has 1 N–H and O–H groups in total. The van der Waals surface area contributed by atoms with Crippen molar-refractivity contribution in [2.45, 2.75) is 50.7 Å². The number of amides is 2. The van der Waals surface area contributed by atoms with Gasteiger partial charge in [-0.25, -0.2) is 12.8 Å². The number of ether oxygens (including phenoxy) is 1. The second-order valence-corrected chi connectivity index (χ2v) is 11.0. The van der Waals surface area contributed by atoms with E-state index in [-0.39, 0.29) is 29.1 Å². The van der Waals surface area contributed by atoms with Gasteiger partial charge in [-0.3, -0.25) is 13.9 Å². The number of benzene rings is 3. The maximum absolute atomic E-state index is 14.9. The summed E-state index contributed by atoms with van der Waals surface area (Å²) in [5.41, 5.74) is 0.437. The van der Waals surface area contributed by atoms with Crippen LogP contribution in [-0.4, -0.2) is 50.9 Å². The van der Waals surface area contributed by atoms with E-state index in [2.05, 4.69) is 5.32 Å². The Kier molecular flexibility index (Phi) is 10.1. The Morgan fingerprint density at radius 3 is 2.15 bits per heavy atom. The lowest BCUT2D eigenvalue weighted by Crippen LogP contribution is -2.52. The predicted octanol–water partition coefficient (Wildman–Crippen LogP) is 4.36. The number of hydrogen-bond acceptors (Lipinski definition) is 5. The van der Waals surface area contributed by atoms with Gasteiger partial charge in [0.2, 0.25) is 11.8 Å². The maximum Gasteiger partial charge on any atom is 0.264 e. The lowest BCUT2D eigenvalue weighted by Gasteiger charge is -2.32. The number of methoxy groups -OCH3 is 1. The molecule has 3 rings (SSSR count). The number of rotatable bonds is 12. The van der Waals surface area contributed by atoms with Crippen molar-refractivity contribution in [2.75, 3.05) is 18.0 Å². The van der Waals surface area contributed by atoms with Crippen molar-refractivity contribution in [2.24, 2.45) is 0 Å². The van der Waals surface area contributed by atoms with E-state index in [0.29, 0.717) is 17.7 Å². The largest absolute Gasteiger partial charge is 0.497 e. The van der Waals surface area contributed by atoms with Crippen LogP contribution in [0.2, 0.25) is 0 Å². The fourth-order valence-corrected chi connectivity index (χ4v) is 5.31. The van der Waals surface area contributed by atoms with Gasteiger partial charge in [0, 0.05) is 12.6 Å². The Hall–Kier alpha value is -3.92. The summed E-state index contributed by atoms with van der Waals surface area (Å²) in [6.45, 7) is 4.67. The van der Waals surface area contributed by atoms with Crippen LogP contribution in [0, 0.1) is 5.82 Å². The van der Waals surface area contributed by atoms with E-state index in [0.717, 1.165) is 10.4 Å². The summed E-state index contributed by atoms with van der Waals surface area (Å²) in [7, 11) is -2.79. The summed E-state index contributed by atoms with van der Waals surface area (Å²) in [5, 5.41) is 2.87. The smallest absolute Gasteiger partial charge is 0.264 e. The molecule has 8 nitrogen and oxygen atoms in total. The van der Waals surface area contributed by atoms with Crippen molar-refractivity contribution in [3.8, 4) is 5.75 Å². The van der Waals surface area contributed by atoms with E-state index in [1.54, 1.807) is 49.4 Å². The molecular weight excluding hydrogens is 521 g/mol. The van der Waals surface area contributed by atoms with Crippen molar-refractivity contribution in [1.82, 2.24) is 10.2 Å². The zero-order valence-electron chi connectivity index (χ0n) is 22.5. The van der Waals surface area contributed by atoms with Crippen molar-refractivity contribution in [3.63, 3.8) is 0 Å². The SMILES string of the molecule is CC[C@@H](C)NC(=O)[C@H](C)N(Cc1ccc(OC)cc1)C(=O)CN(c1ccccc1F)S(=O)(=O)c1ccccc1. The van der Waals surface area contributed by atoms with Crippen LogP contribution in [0.5, 0.6) is 5.75 Å². The molecule has 0 bridgehead atoms. The van der Waals surface area contributed by atoms with Crippen LogP contribution in [0.4, 0.5) is 10.1 Å². The second kappa shape index (κ2) is 13.2. The fourth-order valence-electron chi connectivity index (χ4n) is 3.86. The maximum atomic E-state index is 14.9. The molecule has 10 heteroatoms. The van der Waals surface area contributed by atoms with Gasteiger partial charge in [-0.1, -0.05) is 49.4 Å². The molecule has 2 atom stereocenters. The molecule has 0 unspecified atom stereocenters. The van der Waals surface area contributed by atoms with E-state index in [1.807, 2.05) is 13.8 Å². The molecule has 0 aromatic heterocycles. The molecule has 2 amide bonds. The molecule has 0 saturated heterocycles. The standard InChI is InChI=1S/C29H34FN3O5S/c1-5-21(2)31-29(35)22(3)32(19-23-15-17-24(38-4)18-16-23)28(34)20-33(27-14-10-9-13-26(27)30)39(36,37)25-11-7-6-8-12-25/h6-18,21-22H,5,19-20H2,1-4H3,(H,31,35)/t21-,22+/m1/s1. The first-order valence-electron chi connectivity index (χ1n) is 12.6. The Balaban J connectivity index is 2.02. The quantitative estimate of drug-likeness (QED) is 0.358. The van der Waals surface area contributed by atoms with Crippen LogP contribution in [0.3, 0.4) is 0 Å². The van der Waals surface area contributed by atoms with Crippen LogP contribution in [-0.2, 0) is 26.2 Å². The molecule has 208 valence electrons. The summed E-state index contributed by atoms with van der Waals surface area (Å²) in [4.78, 5) is 28.1. The summed E-state index contributed by atoms with van der Waals surface area (Å²) in [6, 6.07) is 18.8. The minimum Gasteiger partial charge on any atom is -0.497 e. The van der Waals surface area contributed by atoms with Gasteiger partial charge in [-0.05, 0) is 62.2 Å². The number of nitrogens with zero attached hydrogens (tertiary/aromatic N) is 2. The molecule has 0 fully saturated rings. The topological polar surface area (TPSA) is 96.0 Å². The highest BCUT2D eigenvalue weighted by atomic mass is 32.2. The van der Waals surface area contributed by atoms with E-state index in [1.165, 1.54) is 42.3 Å². The molecule has 0 saturated carbocycles. The third kappa shape index (κ3) is 7.35. The third-order valence-corrected chi connectivity index (χ3v) is 8.19.